The van der Waals surface area contributed by atoms with E-state index in [1.54, 1.807) is 12.1 Å². The largest absolute Gasteiger partial charge is 0.325 e. The summed E-state index contributed by atoms with van der Waals surface area (Å²) < 4.78 is 12.9. The summed E-state index contributed by atoms with van der Waals surface area (Å²) in [5.41, 5.74) is 1.98. The van der Waals surface area contributed by atoms with E-state index in [4.69, 9.17) is 0 Å². The molecule has 0 heterocycles. The molecule has 2 rings (SSSR count). The first-order valence-electron chi connectivity index (χ1n) is 7.29. The lowest BCUT2D eigenvalue weighted by molar-refractivity contribution is -0.115. The molecule has 0 saturated carbocycles. The van der Waals surface area contributed by atoms with E-state index in [9.17, 15) is 9.18 Å². The van der Waals surface area contributed by atoms with Gasteiger partial charge in [0.25, 0.3) is 0 Å². The highest BCUT2D eigenvalue weighted by Gasteiger charge is 2.16. The first-order valence-corrected chi connectivity index (χ1v) is 8.17. The topological polar surface area (TPSA) is 29.1 Å². The molecular formula is C18H20FNOS. The number of carbonyl (C=O) groups excluding carboxylic acids is 1. The number of thioether (sulfide) groups is 1. The SMILES string of the molecule is CC(Sc1ccc(F)cc1)C(=O)Nc1ccccc1C(C)C. The highest BCUT2D eigenvalue weighted by atomic mass is 32.2. The van der Waals surface area contributed by atoms with Crippen LogP contribution in [-0.2, 0) is 4.79 Å². The third-order valence-electron chi connectivity index (χ3n) is 3.34. The van der Waals surface area contributed by atoms with Gasteiger partial charge in [0.15, 0.2) is 0 Å². The molecule has 0 spiro atoms. The number of anilines is 1. The van der Waals surface area contributed by atoms with Gasteiger partial charge in [0, 0.05) is 10.6 Å². The van der Waals surface area contributed by atoms with Crippen LogP contribution in [0.1, 0.15) is 32.3 Å². The minimum absolute atomic E-state index is 0.0533. The van der Waals surface area contributed by atoms with Crippen molar-refractivity contribution in [3.63, 3.8) is 0 Å². The quantitative estimate of drug-likeness (QED) is 0.780. The van der Waals surface area contributed by atoms with Crippen LogP contribution in [0.15, 0.2) is 53.4 Å². The van der Waals surface area contributed by atoms with Crippen molar-refractivity contribution in [3.8, 4) is 0 Å². The summed E-state index contributed by atoms with van der Waals surface area (Å²) in [7, 11) is 0. The van der Waals surface area contributed by atoms with Gasteiger partial charge in [0.05, 0.1) is 5.25 Å². The third kappa shape index (κ3) is 4.34. The normalized spacial score (nSPS) is 12.2. The molecule has 0 aliphatic rings. The fraction of sp³-hybridized carbons (Fsp3) is 0.278. The van der Waals surface area contributed by atoms with Gasteiger partial charge in [-0.3, -0.25) is 4.79 Å². The van der Waals surface area contributed by atoms with Crippen LogP contribution >= 0.6 is 11.8 Å². The molecule has 0 fully saturated rings. The summed E-state index contributed by atoms with van der Waals surface area (Å²) in [5, 5.41) is 2.73. The van der Waals surface area contributed by atoms with Gasteiger partial charge in [-0.2, -0.15) is 0 Å². The molecule has 0 saturated heterocycles. The van der Waals surface area contributed by atoms with Crippen molar-refractivity contribution in [1.29, 1.82) is 0 Å². The lowest BCUT2D eigenvalue weighted by Gasteiger charge is -2.16. The number of halogens is 1. The standard InChI is InChI=1S/C18H20FNOS/c1-12(2)16-6-4-5-7-17(16)20-18(21)13(3)22-15-10-8-14(19)9-11-15/h4-13H,1-3H3,(H,20,21). The lowest BCUT2D eigenvalue weighted by Crippen LogP contribution is -2.23. The molecule has 4 heteroatoms. The number of para-hydroxylation sites is 1. The Labute approximate surface area is 135 Å². The van der Waals surface area contributed by atoms with E-state index < -0.39 is 0 Å². The van der Waals surface area contributed by atoms with E-state index in [1.807, 2.05) is 31.2 Å². The first kappa shape index (κ1) is 16.6. The minimum Gasteiger partial charge on any atom is -0.325 e. The second kappa shape index (κ2) is 7.45. The molecule has 2 aromatic rings. The molecule has 0 aliphatic carbocycles. The number of benzene rings is 2. The van der Waals surface area contributed by atoms with Gasteiger partial charge in [-0.1, -0.05) is 32.0 Å². The molecular weight excluding hydrogens is 297 g/mol. The molecule has 0 aromatic heterocycles. The van der Waals surface area contributed by atoms with Crippen LogP contribution in [-0.4, -0.2) is 11.2 Å². The summed E-state index contributed by atoms with van der Waals surface area (Å²) in [4.78, 5) is 13.2. The Morgan fingerprint density at radius 3 is 2.32 bits per heavy atom. The zero-order valence-corrected chi connectivity index (χ0v) is 13.8. The molecule has 2 aromatic carbocycles. The molecule has 116 valence electrons. The second-order valence-electron chi connectivity index (χ2n) is 5.45. The van der Waals surface area contributed by atoms with Crippen LogP contribution in [0.25, 0.3) is 0 Å². The van der Waals surface area contributed by atoms with Crippen molar-refractivity contribution in [2.75, 3.05) is 5.32 Å². The van der Waals surface area contributed by atoms with E-state index in [0.717, 1.165) is 16.1 Å². The van der Waals surface area contributed by atoms with E-state index in [2.05, 4.69) is 19.2 Å². The van der Waals surface area contributed by atoms with Crippen molar-refractivity contribution >= 4 is 23.4 Å². The maximum Gasteiger partial charge on any atom is 0.237 e. The first-order chi connectivity index (χ1) is 10.5. The van der Waals surface area contributed by atoms with Crippen molar-refractivity contribution in [1.82, 2.24) is 0 Å². The van der Waals surface area contributed by atoms with E-state index in [1.165, 1.54) is 23.9 Å². The maximum atomic E-state index is 12.9. The predicted octanol–water partition coefficient (Wildman–Crippen LogP) is 5.07. The van der Waals surface area contributed by atoms with E-state index in [-0.39, 0.29) is 17.0 Å². The molecule has 1 unspecified atom stereocenters. The lowest BCUT2D eigenvalue weighted by atomic mass is 10.0. The molecule has 1 atom stereocenters. The monoisotopic (exact) mass is 317 g/mol. The average molecular weight is 317 g/mol. The highest BCUT2D eigenvalue weighted by Crippen LogP contribution is 2.27. The summed E-state index contributed by atoms with van der Waals surface area (Å²) in [6.07, 6.45) is 0. The highest BCUT2D eigenvalue weighted by molar-refractivity contribution is 8.00. The van der Waals surface area contributed by atoms with Gasteiger partial charge in [-0.15, -0.1) is 11.8 Å². The fourth-order valence-electron chi connectivity index (χ4n) is 2.12. The predicted molar refractivity (Wildman–Crippen MR) is 90.9 cm³/mol. The average Bonchev–Trinajstić information content (AvgIpc) is 2.49. The van der Waals surface area contributed by atoms with Crippen LogP contribution in [0, 0.1) is 5.82 Å². The molecule has 22 heavy (non-hydrogen) atoms. The number of hydrogen-bond donors (Lipinski definition) is 1. The minimum atomic E-state index is -0.271. The third-order valence-corrected chi connectivity index (χ3v) is 4.45. The Balaban J connectivity index is 2.04. The Hall–Kier alpha value is -1.81. The van der Waals surface area contributed by atoms with Gasteiger partial charge in [-0.05, 0) is 48.7 Å². The maximum absolute atomic E-state index is 12.9. The van der Waals surface area contributed by atoms with Crippen LogP contribution in [0.2, 0.25) is 0 Å². The number of amides is 1. The number of carbonyl (C=O) groups is 1. The Morgan fingerprint density at radius 1 is 1.05 bits per heavy atom. The van der Waals surface area contributed by atoms with E-state index in [0.29, 0.717) is 5.92 Å². The van der Waals surface area contributed by atoms with Gasteiger partial charge in [-0.25, -0.2) is 4.39 Å². The summed E-state index contributed by atoms with van der Waals surface area (Å²) >= 11 is 1.42. The fourth-order valence-corrected chi connectivity index (χ4v) is 2.99. The van der Waals surface area contributed by atoms with Gasteiger partial charge >= 0.3 is 0 Å². The molecule has 0 radical (unpaired) electrons. The summed E-state index contributed by atoms with van der Waals surface area (Å²) in [5.74, 6) is 0.0197. The van der Waals surface area contributed by atoms with Gasteiger partial charge < -0.3 is 5.32 Å². The van der Waals surface area contributed by atoms with Crippen molar-refractivity contribution < 1.29 is 9.18 Å². The molecule has 1 N–H and O–H groups in total. The van der Waals surface area contributed by atoms with Crippen LogP contribution in [0.5, 0.6) is 0 Å². The smallest absolute Gasteiger partial charge is 0.237 e. The van der Waals surface area contributed by atoms with Crippen molar-refractivity contribution in [2.24, 2.45) is 0 Å². The Kier molecular flexibility index (Phi) is 5.61. The van der Waals surface area contributed by atoms with Crippen molar-refractivity contribution in [3.05, 3.63) is 59.9 Å². The summed E-state index contributed by atoms with van der Waals surface area (Å²) in [6.45, 7) is 6.05. The zero-order valence-electron chi connectivity index (χ0n) is 13.0. The van der Waals surface area contributed by atoms with Gasteiger partial charge in [0.1, 0.15) is 5.82 Å². The zero-order chi connectivity index (χ0) is 16.1. The second-order valence-corrected chi connectivity index (χ2v) is 6.86. The summed E-state index contributed by atoms with van der Waals surface area (Å²) in [6, 6.07) is 14.0. The van der Waals surface area contributed by atoms with Gasteiger partial charge in [0.2, 0.25) is 5.91 Å². The Bertz CT molecular complexity index is 640. The molecule has 0 aliphatic heterocycles. The van der Waals surface area contributed by atoms with Crippen LogP contribution < -0.4 is 5.32 Å². The molecule has 0 bridgehead atoms. The van der Waals surface area contributed by atoms with Crippen LogP contribution in [0.3, 0.4) is 0 Å². The number of hydrogen-bond acceptors (Lipinski definition) is 2. The van der Waals surface area contributed by atoms with E-state index >= 15 is 0 Å². The Morgan fingerprint density at radius 2 is 1.68 bits per heavy atom. The van der Waals surface area contributed by atoms with Crippen LogP contribution in [0.4, 0.5) is 10.1 Å². The molecule has 2 nitrogen and oxygen atoms in total. The number of nitrogens with one attached hydrogen (secondary N) is 1. The van der Waals surface area contributed by atoms with Crippen molar-refractivity contribution in [2.45, 2.75) is 36.8 Å². The number of rotatable bonds is 5. The molecule has 1 amide bonds.